The highest BCUT2D eigenvalue weighted by Gasteiger charge is 2.32. The van der Waals surface area contributed by atoms with Gasteiger partial charge in [-0.3, -0.25) is 4.79 Å². The Labute approximate surface area is 197 Å². The highest BCUT2D eigenvalue weighted by Crippen LogP contribution is 2.31. The Kier molecular flexibility index (Phi) is 7.30. The Bertz CT molecular complexity index is 1300. The molecule has 4 nitrogen and oxygen atoms in total. The summed E-state index contributed by atoms with van der Waals surface area (Å²) in [5.74, 6) is -0.705. The van der Waals surface area contributed by atoms with E-state index in [9.17, 15) is 39.6 Å². The first-order chi connectivity index (χ1) is 16.1. The standard InChI is InChI=1S/C24H19F6NO3S/c1-35(33,34)21-11-5-16(6-12-21)14-31(15-17-3-2-4-20(13-17)24(28,29)30)22(32)18-7-9-19(10-8-18)23(25,26)27/h2-13H,14-15H2,1H3. The number of alkyl halides is 6. The minimum Gasteiger partial charge on any atom is -0.330 e. The van der Waals surface area contributed by atoms with E-state index in [2.05, 4.69) is 0 Å². The SMILES string of the molecule is CS(=O)(=O)c1ccc(CN(Cc2cccc(C(F)(F)F)c2)C(=O)c2ccc(C(F)(F)F)cc2)cc1. The zero-order valence-electron chi connectivity index (χ0n) is 18.2. The van der Waals surface area contributed by atoms with Crippen LogP contribution in [0.4, 0.5) is 26.3 Å². The van der Waals surface area contributed by atoms with Crippen LogP contribution in [0.15, 0.2) is 77.7 Å². The first-order valence-corrected chi connectivity index (χ1v) is 12.0. The lowest BCUT2D eigenvalue weighted by Gasteiger charge is -2.24. The topological polar surface area (TPSA) is 54.5 Å². The minimum atomic E-state index is -4.60. The van der Waals surface area contributed by atoms with E-state index in [-0.39, 0.29) is 29.1 Å². The average molecular weight is 515 g/mol. The average Bonchev–Trinajstić information content (AvgIpc) is 2.77. The summed E-state index contributed by atoms with van der Waals surface area (Å²) < 4.78 is 101. The summed E-state index contributed by atoms with van der Waals surface area (Å²) in [6.45, 7) is -0.391. The van der Waals surface area contributed by atoms with Gasteiger partial charge in [0.1, 0.15) is 0 Å². The van der Waals surface area contributed by atoms with Crippen LogP contribution in [-0.2, 0) is 35.3 Å². The van der Waals surface area contributed by atoms with Crippen molar-refractivity contribution in [3.8, 4) is 0 Å². The molecule has 0 bridgehead atoms. The summed E-state index contributed by atoms with van der Waals surface area (Å²) in [5.41, 5.74) is -1.31. The maximum absolute atomic E-state index is 13.1. The fraction of sp³-hybridized carbons (Fsp3) is 0.208. The Morgan fingerprint density at radius 2 is 1.29 bits per heavy atom. The van der Waals surface area contributed by atoms with Crippen LogP contribution in [0.3, 0.4) is 0 Å². The molecule has 3 aromatic rings. The molecule has 0 heterocycles. The number of benzene rings is 3. The number of rotatable bonds is 6. The van der Waals surface area contributed by atoms with E-state index in [1.807, 2.05) is 0 Å². The molecule has 0 fully saturated rings. The van der Waals surface area contributed by atoms with E-state index >= 15 is 0 Å². The predicted octanol–water partition coefficient (Wildman–Crippen LogP) is 5.97. The summed E-state index contributed by atoms with van der Waals surface area (Å²) in [4.78, 5) is 14.4. The van der Waals surface area contributed by atoms with E-state index in [0.29, 0.717) is 5.56 Å². The lowest BCUT2D eigenvalue weighted by Crippen LogP contribution is -2.30. The van der Waals surface area contributed by atoms with Crippen molar-refractivity contribution in [1.82, 2.24) is 4.90 Å². The van der Waals surface area contributed by atoms with Gasteiger partial charge in [0.05, 0.1) is 16.0 Å². The maximum atomic E-state index is 13.1. The molecule has 3 aromatic carbocycles. The van der Waals surface area contributed by atoms with Gasteiger partial charge < -0.3 is 4.90 Å². The number of carbonyl (C=O) groups is 1. The summed E-state index contributed by atoms with van der Waals surface area (Å²) in [6, 6.07) is 13.4. The van der Waals surface area contributed by atoms with Crippen LogP contribution in [0.2, 0.25) is 0 Å². The minimum absolute atomic E-state index is 0.0414. The quantitative estimate of drug-likeness (QED) is 0.380. The molecule has 0 atom stereocenters. The van der Waals surface area contributed by atoms with Gasteiger partial charge in [-0.25, -0.2) is 8.42 Å². The number of hydrogen-bond acceptors (Lipinski definition) is 3. The number of nitrogens with zero attached hydrogens (tertiary/aromatic N) is 1. The molecule has 0 aliphatic heterocycles. The van der Waals surface area contributed by atoms with E-state index in [4.69, 9.17) is 0 Å². The van der Waals surface area contributed by atoms with Gasteiger partial charge in [0.15, 0.2) is 9.84 Å². The molecular formula is C24H19F6NO3S. The van der Waals surface area contributed by atoms with Crippen molar-refractivity contribution in [2.45, 2.75) is 30.3 Å². The monoisotopic (exact) mass is 515 g/mol. The second-order valence-corrected chi connectivity index (χ2v) is 9.87. The van der Waals surface area contributed by atoms with E-state index in [1.54, 1.807) is 0 Å². The summed E-state index contributed by atoms with van der Waals surface area (Å²) in [5, 5.41) is 0. The van der Waals surface area contributed by atoms with Gasteiger partial charge >= 0.3 is 12.4 Å². The molecule has 0 aliphatic carbocycles. The molecule has 11 heteroatoms. The van der Waals surface area contributed by atoms with Crippen molar-refractivity contribution in [2.75, 3.05) is 6.26 Å². The highest BCUT2D eigenvalue weighted by atomic mass is 32.2. The second kappa shape index (κ2) is 9.73. The van der Waals surface area contributed by atoms with Crippen molar-refractivity contribution in [1.29, 1.82) is 0 Å². The van der Waals surface area contributed by atoms with Crippen molar-refractivity contribution in [3.63, 3.8) is 0 Å². The van der Waals surface area contributed by atoms with E-state index in [1.165, 1.54) is 41.3 Å². The number of amides is 1. The number of hydrogen-bond donors (Lipinski definition) is 0. The molecule has 0 saturated heterocycles. The third-order valence-corrected chi connectivity index (χ3v) is 6.23. The Hall–Kier alpha value is -3.34. The fourth-order valence-electron chi connectivity index (χ4n) is 3.31. The van der Waals surface area contributed by atoms with Crippen molar-refractivity contribution < 1.29 is 39.6 Å². The molecule has 0 saturated carbocycles. The summed E-state index contributed by atoms with van der Waals surface area (Å²) in [6.07, 6.45) is -8.17. The zero-order chi connectivity index (χ0) is 26.0. The van der Waals surface area contributed by atoms with Crippen LogP contribution >= 0.6 is 0 Å². The van der Waals surface area contributed by atoms with Crippen molar-refractivity contribution in [2.24, 2.45) is 0 Å². The molecule has 186 valence electrons. The highest BCUT2D eigenvalue weighted by molar-refractivity contribution is 7.90. The van der Waals surface area contributed by atoms with Gasteiger partial charge in [-0.05, 0) is 59.7 Å². The first kappa shape index (κ1) is 26.3. The van der Waals surface area contributed by atoms with Gasteiger partial charge in [-0.1, -0.05) is 24.3 Å². The third kappa shape index (κ3) is 6.84. The number of halogens is 6. The first-order valence-electron chi connectivity index (χ1n) is 10.1. The molecule has 0 spiro atoms. The zero-order valence-corrected chi connectivity index (χ0v) is 19.0. The van der Waals surface area contributed by atoms with Gasteiger partial charge in [-0.15, -0.1) is 0 Å². The van der Waals surface area contributed by atoms with Crippen LogP contribution in [0, 0.1) is 0 Å². The molecule has 35 heavy (non-hydrogen) atoms. The fourth-order valence-corrected chi connectivity index (χ4v) is 3.94. The molecule has 3 rings (SSSR count). The maximum Gasteiger partial charge on any atom is 0.416 e. The van der Waals surface area contributed by atoms with Crippen molar-refractivity contribution in [3.05, 3.63) is 101 Å². The Balaban J connectivity index is 1.94. The van der Waals surface area contributed by atoms with Gasteiger partial charge in [0, 0.05) is 24.9 Å². The predicted molar refractivity (Wildman–Crippen MR) is 116 cm³/mol. The molecule has 0 aromatic heterocycles. The van der Waals surface area contributed by atoms with Gasteiger partial charge in [0.25, 0.3) is 5.91 Å². The smallest absolute Gasteiger partial charge is 0.330 e. The van der Waals surface area contributed by atoms with Crippen molar-refractivity contribution >= 4 is 15.7 Å². The van der Waals surface area contributed by atoms with Crippen LogP contribution in [0.1, 0.15) is 32.6 Å². The molecule has 1 amide bonds. The lowest BCUT2D eigenvalue weighted by atomic mass is 10.1. The van der Waals surface area contributed by atoms with Gasteiger partial charge in [0.2, 0.25) is 0 Å². The molecule has 0 unspecified atom stereocenters. The van der Waals surface area contributed by atoms with E-state index in [0.717, 1.165) is 42.7 Å². The largest absolute Gasteiger partial charge is 0.416 e. The Morgan fingerprint density at radius 1 is 0.743 bits per heavy atom. The normalized spacial score (nSPS) is 12.4. The van der Waals surface area contributed by atoms with Crippen LogP contribution in [0.25, 0.3) is 0 Å². The van der Waals surface area contributed by atoms with Crippen LogP contribution in [0.5, 0.6) is 0 Å². The molecular weight excluding hydrogens is 496 g/mol. The lowest BCUT2D eigenvalue weighted by molar-refractivity contribution is -0.138. The molecule has 0 aliphatic rings. The molecule has 0 N–H and O–H groups in total. The summed E-state index contributed by atoms with van der Waals surface area (Å²) in [7, 11) is -3.47. The molecule has 0 radical (unpaired) electrons. The van der Waals surface area contributed by atoms with Crippen LogP contribution in [-0.4, -0.2) is 25.5 Å². The van der Waals surface area contributed by atoms with E-state index < -0.39 is 39.2 Å². The number of sulfone groups is 1. The third-order valence-electron chi connectivity index (χ3n) is 5.10. The second-order valence-electron chi connectivity index (χ2n) is 7.85. The summed E-state index contributed by atoms with van der Waals surface area (Å²) >= 11 is 0. The van der Waals surface area contributed by atoms with Gasteiger partial charge in [-0.2, -0.15) is 26.3 Å². The van der Waals surface area contributed by atoms with Crippen LogP contribution < -0.4 is 0 Å². The number of carbonyl (C=O) groups excluding carboxylic acids is 1. The Morgan fingerprint density at radius 3 is 1.80 bits per heavy atom.